The number of nitrogens with zero attached hydrogens (tertiary/aromatic N) is 2. The zero-order chi connectivity index (χ0) is 13.9. The fourth-order valence-electron chi connectivity index (χ4n) is 2.90. The van der Waals surface area contributed by atoms with Gasteiger partial charge in [0.1, 0.15) is 0 Å². The summed E-state index contributed by atoms with van der Waals surface area (Å²) in [6.45, 7) is 8.53. The van der Waals surface area contributed by atoms with E-state index < -0.39 is 0 Å². The Hall–Kier alpha value is -1.53. The van der Waals surface area contributed by atoms with Crippen LogP contribution < -0.4 is 10.2 Å². The van der Waals surface area contributed by atoms with E-state index in [1.807, 2.05) is 0 Å². The van der Waals surface area contributed by atoms with E-state index >= 15 is 0 Å². The highest BCUT2D eigenvalue weighted by molar-refractivity contribution is 5.51. The number of nitrogens with one attached hydrogen (secondary N) is 1. The number of rotatable bonds is 2. The summed E-state index contributed by atoms with van der Waals surface area (Å²) in [5, 5.41) is 12.5. The molecule has 1 saturated heterocycles. The van der Waals surface area contributed by atoms with Crippen LogP contribution >= 0.6 is 0 Å². The Labute approximate surface area is 116 Å². The second-order valence-electron chi connectivity index (χ2n) is 5.99. The fourth-order valence-corrected chi connectivity index (χ4v) is 2.90. The zero-order valence-electron chi connectivity index (χ0n) is 12.1. The average molecular weight is 257 g/mol. The lowest BCUT2D eigenvalue weighted by Crippen LogP contribution is -2.50. The number of hydrogen-bond donors (Lipinski definition) is 1. The summed E-state index contributed by atoms with van der Waals surface area (Å²) in [4.78, 5) is 2.43. The van der Waals surface area contributed by atoms with Gasteiger partial charge in [-0.2, -0.15) is 5.26 Å². The predicted molar refractivity (Wildman–Crippen MR) is 79.2 cm³/mol. The van der Waals surface area contributed by atoms with Crippen LogP contribution in [-0.2, 0) is 0 Å². The van der Waals surface area contributed by atoms with E-state index in [9.17, 15) is 0 Å². The van der Waals surface area contributed by atoms with Crippen molar-refractivity contribution in [2.45, 2.75) is 45.2 Å². The molecule has 1 heterocycles. The van der Waals surface area contributed by atoms with E-state index in [4.69, 9.17) is 5.26 Å². The van der Waals surface area contributed by atoms with Gasteiger partial charge >= 0.3 is 0 Å². The smallest absolute Gasteiger partial charge is 0.0643 e. The molecule has 1 fully saturated rings. The molecule has 0 bridgehead atoms. The summed E-state index contributed by atoms with van der Waals surface area (Å²) < 4.78 is 0. The third-order valence-corrected chi connectivity index (χ3v) is 3.95. The molecule has 1 aromatic carbocycles. The van der Waals surface area contributed by atoms with E-state index in [1.54, 1.807) is 0 Å². The summed E-state index contributed by atoms with van der Waals surface area (Å²) >= 11 is 0. The molecule has 1 unspecified atom stereocenters. The van der Waals surface area contributed by atoms with Crippen LogP contribution in [-0.4, -0.2) is 24.7 Å². The van der Waals surface area contributed by atoms with Gasteiger partial charge in [-0.3, -0.25) is 0 Å². The van der Waals surface area contributed by atoms with Crippen LogP contribution in [0, 0.1) is 18.3 Å². The Kier molecular flexibility index (Phi) is 4.11. The van der Waals surface area contributed by atoms with Crippen LogP contribution in [0.4, 0.5) is 5.69 Å². The molecule has 19 heavy (non-hydrogen) atoms. The number of aryl methyl sites for hydroxylation is 1. The van der Waals surface area contributed by atoms with Crippen molar-refractivity contribution in [3.8, 4) is 6.07 Å². The van der Waals surface area contributed by atoms with Crippen LogP contribution in [0.25, 0.3) is 0 Å². The van der Waals surface area contributed by atoms with Crippen molar-refractivity contribution in [2.75, 3.05) is 18.0 Å². The maximum atomic E-state index is 9.08. The maximum absolute atomic E-state index is 9.08. The van der Waals surface area contributed by atoms with Gasteiger partial charge < -0.3 is 10.2 Å². The summed E-state index contributed by atoms with van der Waals surface area (Å²) in [6.07, 6.45) is 1.65. The molecule has 0 aliphatic carbocycles. The Morgan fingerprint density at radius 3 is 2.68 bits per heavy atom. The van der Waals surface area contributed by atoms with Gasteiger partial charge in [0, 0.05) is 17.8 Å². The minimum atomic E-state index is 0.0697. The average Bonchev–Trinajstić information content (AvgIpc) is 2.50. The van der Waals surface area contributed by atoms with Crippen molar-refractivity contribution in [3.05, 3.63) is 29.8 Å². The standard InChI is InChI=1S/C16H23N3/c1-13-4-6-14(7-5-13)19-15(8-10-17)12-18-11-9-16(19,2)3/h4-7,15,18H,8-9,11-12H2,1-3H3. The van der Waals surface area contributed by atoms with Crippen LogP contribution in [0.3, 0.4) is 0 Å². The number of hydrogen-bond acceptors (Lipinski definition) is 3. The highest BCUT2D eigenvalue weighted by Gasteiger charge is 2.34. The topological polar surface area (TPSA) is 39.1 Å². The molecule has 1 aliphatic heterocycles. The maximum Gasteiger partial charge on any atom is 0.0643 e. The minimum Gasteiger partial charge on any atom is -0.361 e. The highest BCUT2D eigenvalue weighted by Crippen LogP contribution is 2.31. The van der Waals surface area contributed by atoms with Crippen LogP contribution in [0.5, 0.6) is 0 Å². The summed E-state index contributed by atoms with van der Waals surface area (Å²) in [6, 6.07) is 11.2. The molecular weight excluding hydrogens is 234 g/mol. The molecular formula is C16H23N3. The van der Waals surface area contributed by atoms with E-state index in [2.05, 4.69) is 61.3 Å². The second-order valence-corrected chi connectivity index (χ2v) is 5.99. The molecule has 0 amide bonds. The summed E-state index contributed by atoms with van der Waals surface area (Å²) in [5.74, 6) is 0. The van der Waals surface area contributed by atoms with E-state index in [0.717, 1.165) is 19.5 Å². The molecule has 3 nitrogen and oxygen atoms in total. The first-order chi connectivity index (χ1) is 9.04. The van der Waals surface area contributed by atoms with Crippen molar-refractivity contribution >= 4 is 5.69 Å². The van der Waals surface area contributed by atoms with E-state index in [1.165, 1.54) is 11.3 Å². The number of benzene rings is 1. The Balaban J connectivity index is 2.38. The molecule has 1 atom stereocenters. The van der Waals surface area contributed by atoms with Gasteiger partial charge in [0.2, 0.25) is 0 Å². The Morgan fingerprint density at radius 2 is 2.05 bits per heavy atom. The van der Waals surface area contributed by atoms with Crippen molar-refractivity contribution in [1.29, 1.82) is 5.26 Å². The van der Waals surface area contributed by atoms with Gasteiger partial charge in [0.05, 0.1) is 18.5 Å². The van der Waals surface area contributed by atoms with Crippen LogP contribution in [0.2, 0.25) is 0 Å². The third kappa shape index (κ3) is 3.08. The predicted octanol–water partition coefficient (Wildman–Crippen LogP) is 2.86. The molecule has 1 aliphatic rings. The summed E-state index contributed by atoms with van der Waals surface area (Å²) in [5.41, 5.74) is 2.56. The molecule has 0 spiro atoms. The van der Waals surface area contributed by atoms with Gasteiger partial charge in [-0.15, -0.1) is 0 Å². The molecule has 0 aromatic heterocycles. The monoisotopic (exact) mass is 257 g/mol. The van der Waals surface area contributed by atoms with Crippen molar-refractivity contribution < 1.29 is 0 Å². The Morgan fingerprint density at radius 1 is 1.37 bits per heavy atom. The van der Waals surface area contributed by atoms with Gasteiger partial charge in [-0.1, -0.05) is 17.7 Å². The summed E-state index contributed by atoms with van der Waals surface area (Å²) in [7, 11) is 0. The molecule has 0 saturated carbocycles. The van der Waals surface area contributed by atoms with Crippen molar-refractivity contribution in [1.82, 2.24) is 5.32 Å². The minimum absolute atomic E-state index is 0.0697. The highest BCUT2D eigenvalue weighted by atomic mass is 15.2. The fraction of sp³-hybridized carbons (Fsp3) is 0.562. The first-order valence-corrected chi connectivity index (χ1v) is 6.98. The zero-order valence-corrected chi connectivity index (χ0v) is 12.1. The van der Waals surface area contributed by atoms with Crippen LogP contribution in [0.1, 0.15) is 32.3 Å². The third-order valence-electron chi connectivity index (χ3n) is 3.95. The van der Waals surface area contributed by atoms with Crippen LogP contribution in [0.15, 0.2) is 24.3 Å². The quantitative estimate of drug-likeness (QED) is 0.885. The van der Waals surface area contributed by atoms with Gasteiger partial charge in [-0.25, -0.2) is 0 Å². The van der Waals surface area contributed by atoms with Gasteiger partial charge in [0.15, 0.2) is 0 Å². The molecule has 1 aromatic rings. The normalized spacial score (nSPS) is 22.6. The lowest BCUT2D eigenvalue weighted by molar-refractivity contribution is 0.418. The molecule has 102 valence electrons. The van der Waals surface area contributed by atoms with Gasteiger partial charge in [0.25, 0.3) is 0 Å². The largest absolute Gasteiger partial charge is 0.361 e. The molecule has 1 N–H and O–H groups in total. The SMILES string of the molecule is Cc1ccc(N2C(CC#N)CNCCC2(C)C)cc1. The van der Waals surface area contributed by atoms with Crippen molar-refractivity contribution in [3.63, 3.8) is 0 Å². The molecule has 3 heteroatoms. The first kappa shape index (κ1) is 13.9. The number of nitriles is 1. The number of anilines is 1. The molecule has 2 rings (SSSR count). The van der Waals surface area contributed by atoms with Crippen molar-refractivity contribution in [2.24, 2.45) is 0 Å². The second kappa shape index (κ2) is 5.63. The Bertz CT molecular complexity index is 456. The first-order valence-electron chi connectivity index (χ1n) is 6.98. The lowest BCUT2D eigenvalue weighted by atomic mass is 9.95. The van der Waals surface area contributed by atoms with E-state index in [-0.39, 0.29) is 11.6 Å². The van der Waals surface area contributed by atoms with E-state index in [0.29, 0.717) is 6.42 Å². The molecule has 0 radical (unpaired) electrons. The van der Waals surface area contributed by atoms with Gasteiger partial charge in [-0.05, 0) is 45.9 Å². The lowest BCUT2D eigenvalue weighted by Gasteiger charge is -2.43.